The number of nitrogens with zero attached hydrogens (tertiary/aromatic N) is 4. The van der Waals surface area contributed by atoms with E-state index >= 15 is 0 Å². The van der Waals surface area contributed by atoms with Crippen LogP contribution in [0.5, 0.6) is 0 Å². The fourth-order valence-electron chi connectivity index (χ4n) is 2.49. The molecule has 3 aromatic rings. The summed E-state index contributed by atoms with van der Waals surface area (Å²) >= 11 is 0. The number of amides is 1. The predicted octanol–water partition coefficient (Wildman–Crippen LogP) is 3.34. The van der Waals surface area contributed by atoms with Crippen LogP contribution in [0, 0.1) is 16.6 Å². The third-order valence-corrected chi connectivity index (χ3v) is 4.08. The molecule has 0 spiro atoms. The van der Waals surface area contributed by atoms with Crippen molar-refractivity contribution in [2.24, 2.45) is 10.4 Å². The molecule has 7 nitrogen and oxygen atoms in total. The zero-order chi connectivity index (χ0) is 20.5. The molecule has 0 fully saturated rings. The number of benzene rings is 1. The second kappa shape index (κ2) is 7.30. The van der Waals surface area contributed by atoms with Crippen LogP contribution in [0.4, 0.5) is 10.2 Å². The van der Waals surface area contributed by atoms with Gasteiger partial charge in [-0.3, -0.25) is 15.2 Å². The Kier molecular flexibility index (Phi) is 5.04. The predicted molar refractivity (Wildman–Crippen MR) is 107 cm³/mol. The van der Waals surface area contributed by atoms with Gasteiger partial charge >= 0.3 is 0 Å². The molecule has 3 rings (SSSR count). The Morgan fingerprint density at radius 3 is 2.46 bits per heavy atom. The largest absolute Gasteiger partial charge is 0.309 e. The van der Waals surface area contributed by atoms with Crippen LogP contribution < -0.4 is 5.32 Å². The number of aromatic nitrogens is 3. The van der Waals surface area contributed by atoms with Crippen molar-refractivity contribution < 1.29 is 9.18 Å². The van der Waals surface area contributed by atoms with Crippen LogP contribution in [0.2, 0.25) is 0 Å². The highest BCUT2D eigenvalue weighted by molar-refractivity contribution is 6.52. The van der Waals surface area contributed by atoms with E-state index in [4.69, 9.17) is 5.41 Å². The number of carbonyl (C=O) groups is 1. The highest BCUT2D eigenvalue weighted by Gasteiger charge is 2.22. The standard InChI is InChI=1S/C20H21FN6O/c1-20(2,3)19(28)25-15-11-27-16(24-15)10-9-14(26-27)17(22)18(23-4)12-5-7-13(21)8-6-12/h5-11,22H,1-4H3,(H,25,28). The molecular formula is C20H21FN6O. The third-order valence-electron chi connectivity index (χ3n) is 4.08. The summed E-state index contributed by atoms with van der Waals surface area (Å²) in [4.78, 5) is 20.6. The average molecular weight is 380 g/mol. The van der Waals surface area contributed by atoms with Gasteiger partial charge < -0.3 is 5.32 Å². The van der Waals surface area contributed by atoms with E-state index < -0.39 is 5.41 Å². The van der Waals surface area contributed by atoms with E-state index in [0.29, 0.717) is 28.4 Å². The fourth-order valence-corrected chi connectivity index (χ4v) is 2.49. The third kappa shape index (κ3) is 3.95. The molecular weight excluding hydrogens is 359 g/mol. The van der Waals surface area contributed by atoms with E-state index in [0.717, 1.165) is 0 Å². The summed E-state index contributed by atoms with van der Waals surface area (Å²) in [5.41, 5.74) is 1.50. The summed E-state index contributed by atoms with van der Waals surface area (Å²) in [5.74, 6) is -0.117. The molecule has 0 aliphatic carbocycles. The minimum atomic E-state index is -0.543. The van der Waals surface area contributed by atoms with Gasteiger partial charge in [-0.25, -0.2) is 13.9 Å². The Hall–Kier alpha value is -3.42. The first-order valence-corrected chi connectivity index (χ1v) is 8.69. The lowest BCUT2D eigenvalue weighted by Crippen LogP contribution is -2.27. The summed E-state index contributed by atoms with van der Waals surface area (Å²) in [6, 6.07) is 9.16. The zero-order valence-electron chi connectivity index (χ0n) is 16.1. The van der Waals surface area contributed by atoms with Crippen LogP contribution in [0.3, 0.4) is 0 Å². The molecule has 144 valence electrons. The van der Waals surface area contributed by atoms with E-state index in [9.17, 15) is 9.18 Å². The molecule has 0 aliphatic heterocycles. The van der Waals surface area contributed by atoms with Crippen LogP contribution in [-0.4, -0.2) is 39.0 Å². The van der Waals surface area contributed by atoms with Gasteiger partial charge in [-0.05, 0) is 36.4 Å². The lowest BCUT2D eigenvalue weighted by molar-refractivity contribution is -0.123. The van der Waals surface area contributed by atoms with Gasteiger partial charge in [0.05, 0.1) is 11.9 Å². The van der Waals surface area contributed by atoms with E-state index in [-0.39, 0.29) is 17.4 Å². The lowest BCUT2D eigenvalue weighted by Gasteiger charge is -2.15. The Balaban J connectivity index is 1.90. The summed E-state index contributed by atoms with van der Waals surface area (Å²) in [7, 11) is 1.57. The molecule has 0 unspecified atom stereocenters. The van der Waals surface area contributed by atoms with Crippen LogP contribution in [0.1, 0.15) is 32.0 Å². The number of hydrogen-bond donors (Lipinski definition) is 2. The van der Waals surface area contributed by atoms with Crippen LogP contribution >= 0.6 is 0 Å². The summed E-state index contributed by atoms with van der Waals surface area (Å²) < 4.78 is 14.7. The van der Waals surface area contributed by atoms with Gasteiger partial charge in [0, 0.05) is 18.0 Å². The van der Waals surface area contributed by atoms with Gasteiger partial charge in [-0.2, -0.15) is 5.10 Å². The first kappa shape index (κ1) is 19.3. The molecule has 1 amide bonds. The zero-order valence-corrected chi connectivity index (χ0v) is 16.1. The topological polar surface area (TPSA) is 95.5 Å². The Morgan fingerprint density at radius 2 is 1.86 bits per heavy atom. The van der Waals surface area contributed by atoms with E-state index in [1.807, 2.05) is 20.8 Å². The molecule has 1 aromatic carbocycles. The minimum absolute atomic E-state index is 0.102. The fraction of sp³-hybridized carbons (Fsp3) is 0.250. The number of nitrogens with one attached hydrogen (secondary N) is 2. The lowest BCUT2D eigenvalue weighted by atomic mass is 9.96. The monoisotopic (exact) mass is 380 g/mol. The maximum atomic E-state index is 13.2. The number of aliphatic imine (C=N–C) groups is 1. The number of fused-ring (bicyclic) bond motifs is 1. The van der Waals surface area contributed by atoms with Crippen LogP contribution in [0.25, 0.3) is 5.65 Å². The molecule has 0 bridgehead atoms. The minimum Gasteiger partial charge on any atom is -0.309 e. The molecule has 2 heterocycles. The maximum Gasteiger partial charge on any atom is 0.230 e. The number of anilines is 1. The van der Waals surface area contributed by atoms with Gasteiger partial charge in [0.2, 0.25) is 5.91 Å². The number of carbonyl (C=O) groups excluding carboxylic acids is 1. The SMILES string of the molecule is CN=C(C(=N)c1ccc2nc(NC(=O)C(C)(C)C)cn2n1)c1ccc(F)cc1. The van der Waals surface area contributed by atoms with Crippen molar-refractivity contribution in [2.75, 3.05) is 12.4 Å². The van der Waals surface area contributed by atoms with Crippen molar-refractivity contribution in [3.05, 3.63) is 59.7 Å². The van der Waals surface area contributed by atoms with Gasteiger partial charge in [0.25, 0.3) is 0 Å². The first-order chi connectivity index (χ1) is 13.2. The number of imidazole rings is 1. The van der Waals surface area contributed by atoms with Crippen molar-refractivity contribution in [3.63, 3.8) is 0 Å². The van der Waals surface area contributed by atoms with E-state index in [2.05, 4.69) is 20.4 Å². The Labute approximate surface area is 161 Å². The number of hydrogen-bond acceptors (Lipinski definition) is 5. The average Bonchev–Trinajstić information content (AvgIpc) is 3.04. The van der Waals surface area contributed by atoms with Crippen molar-refractivity contribution in [3.8, 4) is 0 Å². The number of halogens is 1. The van der Waals surface area contributed by atoms with Crippen molar-refractivity contribution in [2.45, 2.75) is 20.8 Å². The Morgan fingerprint density at radius 1 is 1.18 bits per heavy atom. The normalized spacial score (nSPS) is 12.2. The molecule has 0 saturated carbocycles. The number of rotatable bonds is 4. The van der Waals surface area contributed by atoms with Crippen molar-refractivity contribution in [1.29, 1.82) is 5.41 Å². The molecule has 0 aliphatic rings. The van der Waals surface area contributed by atoms with Gasteiger partial charge in [0.1, 0.15) is 17.2 Å². The molecule has 8 heteroatoms. The second-order valence-corrected chi connectivity index (χ2v) is 7.31. The quantitative estimate of drug-likeness (QED) is 0.680. The smallest absolute Gasteiger partial charge is 0.230 e. The maximum absolute atomic E-state index is 13.2. The summed E-state index contributed by atoms with van der Waals surface area (Å²) in [5, 5.41) is 15.6. The molecule has 28 heavy (non-hydrogen) atoms. The summed E-state index contributed by atoms with van der Waals surface area (Å²) in [6.07, 6.45) is 1.59. The second-order valence-electron chi connectivity index (χ2n) is 7.31. The van der Waals surface area contributed by atoms with E-state index in [1.54, 1.807) is 37.5 Å². The van der Waals surface area contributed by atoms with Crippen molar-refractivity contribution >= 4 is 28.8 Å². The molecule has 0 saturated heterocycles. The van der Waals surface area contributed by atoms with Crippen LogP contribution in [0.15, 0.2) is 47.6 Å². The van der Waals surface area contributed by atoms with Crippen molar-refractivity contribution in [1.82, 2.24) is 14.6 Å². The van der Waals surface area contributed by atoms with Gasteiger partial charge in [-0.15, -0.1) is 0 Å². The van der Waals surface area contributed by atoms with Gasteiger partial charge in [-0.1, -0.05) is 20.8 Å². The molecule has 0 radical (unpaired) electrons. The molecule has 0 atom stereocenters. The molecule has 2 N–H and O–H groups in total. The first-order valence-electron chi connectivity index (χ1n) is 8.69. The highest BCUT2D eigenvalue weighted by Crippen LogP contribution is 2.17. The Bertz CT molecular complexity index is 1080. The van der Waals surface area contributed by atoms with Gasteiger partial charge in [0.15, 0.2) is 11.5 Å². The highest BCUT2D eigenvalue weighted by atomic mass is 19.1. The summed E-state index contributed by atoms with van der Waals surface area (Å²) in [6.45, 7) is 5.45. The van der Waals surface area contributed by atoms with E-state index in [1.165, 1.54) is 16.6 Å². The van der Waals surface area contributed by atoms with Crippen LogP contribution in [-0.2, 0) is 4.79 Å². The molecule has 2 aromatic heterocycles.